The first-order valence-corrected chi connectivity index (χ1v) is 11.0. The Hall–Kier alpha value is -3.06. The number of carbonyl (C=O) groups is 3. The van der Waals surface area contributed by atoms with Gasteiger partial charge in [-0.25, -0.2) is 0 Å². The van der Waals surface area contributed by atoms with E-state index >= 15 is 0 Å². The molecule has 1 saturated heterocycles. The molecule has 3 amide bonds. The van der Waals surface area contributed by atoms with Crippen molar-refractivity contribution in [1.29, 1.82) is 0 Å². The van der Waals surface area contributed by atoms with Crippen LogP contribution < -0.4 is 15.4 Å². The van der Waals surface area contributed by atoms with Crippen molar-refractivity contribution in [2.75, 3.05) is 20.2 Å². The van der Waals surface area contributed by atoms with Crippen LogP contribution in [0.1, 0.15) is 35.7 Å². The SMILES string of the molecule is COc1cccc(C[C@H](NC(C)=O)C(=O)NC2CCN(C(=O)c3ccc(Cl)cc3)CC2)c1. The van der Waals surface area contributed by atoms with Crippen molar-refractivity contribution in [3.05, 3.63) is 64.7 Å². The smallest absolute Gasteiger partial charge is 0.253 e. The van der Waals surface area contributed by atoms with Crippen LogP contribution in [0.15, 0.2) is 48.5 Å². The van der Waals surface area contributed by atoms with Gasteiger partial charge in [0.1, 0.15) is 11.8 Å². The van der Waals surface area contributed by atoms with Crippen molar-refractivity contribution in [3.63, 3.8) is 0 Å². The van der Waals surface area contributed by atoms with E-state index in [-0.39, 0.29) is 23.8 Å². The molecule has 1 aliphatic heterocycles. The van der Waals surface area contributed by atoms with E-state index in [4.69, 9.17) is 16.3 Å². The van der Waals surface area contributed by atoms with Crippen molar-refractivity contribution < 1.29 is 19.1 Å². The third kappa shape index (κ3) is 6.47. The molecule has 0 spiro atoms. The van der Waals surface area contributed by atoms with Crippen molar-refractivity contribution in [3.8, 4) is 5.75 Å². The van der Waals surface area contributed by atoms with Gasteiger partial charge in [-0.15, -0.1) is 0 Å². The summed E-state index contributed by atoms with van der Waals surface area (Å²) in [5.74, 6) is 0.157. The lowest BCUT2D eigenvalue weighted by molar-refractivity contribution is -0.128. The standard InChI is InChI=1S/C24H28ClN3O4/c1-16(29)26-22(15-17-4-3-5-21(14-17)32-2)23(30)27-20-10-12-28(13-11-20)24(31)18-6-8-19(25)9-7-18/h3-9,14,20,22H,10-13,15H2,1-2H3,(H,26,29)(H,27,30)/t22-/m0/s1. The van der Waals surface area contributed by atoms with Gasteiger partial charge < -0.3 is 20.3 Å². The zero-order valence-electron chi connectivity index (χ0n) is 18.3. The van der Waals surface area contributed by atoms with Crippen molar-refractivity contribution >= 4 is 29.3 Å². The molecule has 1 atom stereocenters. The number of carbonyl (C=O) groups excluding carboxylic acids is 3. The fourth-order valence-electron chi connectivity index (χ4n) is 3.79. The second kappa shape index (κ2) is 11.0. The van der Waals surface area contributed by atoms with Crippen LogP contribution in [0.5, 0.6) is 5.75 Å². The highest BCUT2D eigenvalue weighted by atomic mass is 35.5. The van der Waals surface area contributed by atoms with Gasteiger partial charge in [0.05, 0.1) is 7.11 Å². The summed E-state index contributed by atoms with van der Waals surface area (Å²) in [6, 6.07) is 13.5. The number of methoxy groups -OCH3 is 1. The summed E-state index contributed by atoms with van der Waals surface area (Å²) in [4.78, 5) is 39.0. The Morgan fingerprint density at radius 2 is 1.81 bits per heavy atom. The number of benzene rings is 2. The highest BCUT2D eigenvalue weighted by Crippen LogP contribution is 2.17. The number of nitrogens with one attached hydrogen (secondary N) is 2. The molecule has 1 heterocycles. The van der Waals surface area contributed by atoms with Crippen molar-refractivity contribution in [2.24, 2.45) is 0 Å². The molecule has 1 fully saturated rings. The van der Waals surface area contributed by atoms with Gasteiger partial charge in [0.15, 0.2) is 0 Å². The molecule has 0 saturated carbocycles. The van der Waals surface area contributed by atoms with Crippen LogP contribution in [0, 0.1) is 0 Å². The Kier molecular flexibility index (Phi) is 8.11. The first-order chi connectivity index (χ1) is 15.4. The van der Waals surface area contributed by atoms with Gasteiger partial charge in [0.2, 0.25) is 11.8 Å². The predicted octanol–water partition coefficient (Wildman–Crippen LogP) is 2.82. The fraction of sp³-hybridized carbons (Fsp3) is 0.375. The zero-order chi connectivity index (χ0) is 23.1. The number of ether oxygens (including phenoxy) is 1. The number of halogens is 1. The normalized spacial score (nSPS) is 15.0. The van der Waals surface area contributed by atoms with Gasteiger partial charge >= 0.3 is 0 Å². The van der Waals surface area contributed by atoms with Crippen LogP contribution in [0.4, 0.5) is 0 Å². The zero-order valence-corrected chi connectivity index (χ0v) is 19.0. The van der Waals surface area contributed by atoms with Crippen LogP contribution in [0.3, 0.4) is 0 Å². The molecule has 1 aliphatic rings. The Morgan fingerprint density at radius 3 is 2.44 bits per heavy atom. The molecular weight excluding hydrogens is 430 g/mol. The molecule has 3 rings (SSSR count). The number of piperidine rings is 1. The summed E-state index contributed by atoms with van der Waals surface area (Å²) < 4.78 is 5.24. The van der Waals surface area contributed by atoms with E-state index in [1.165, 1.54) is 6.92 Å². The van der Waals surface area contributed by atoms with Gasteiger partial charge in [-0.3, -0.25) is 14.4 Å². The molecule has 8 heteroatoms. The van der Waals surface area contributed by atoms with E-state index in [1.54, 1.807) is 36.3 Å². The molecule has 32 heavy (non-hydrogen) atoms. The van der Waals surface area contributed by atoms with Gasteiger partial charge in [-0.05, 0) is 54.8 Å². The number of likely N-dealkylation sites (tertiary alicyclic amines) is 1. The average molecular weight is 458 g/mol. The van der Waals surface area contributed by atoms with E-state index in [1.807, 2.05) is 24.3 Å². The Bertz CT molecular complexity index is 956. The van der Waals surface area contributed by atoms with Crippen molar-refractivity contribution in [2.45, 2.75) is 38.3 Å². The van der Waals surface area contributed by atoms with Gasteiger partial charge in [0.25, 0.3) is 5.91 Å². The molecule has 2 aromatic carbocycles. The van der Waals surface area contributed by atoms with Gasteiger partial charge in [-0.2, -0.15) is 0 Å². The average Bonchev–Trinajstić information content (AvgIpc) is 2.79. The first-order valence-electron chi connectivity index (χ1n) is 10.6. The van der Waals surface area contributed by atoms with E-state index in [0.717, 1.165) is 5.56 Å². The molecule has 7 nitrogen and oxygen atoms in total. The summed E-state index contributed by atoms with van der Waals surface area (Å²) in [5, 5.41) is 6.37. The summed E-state index contributed by atoms with van der Waals surface area (Å²) in [6.07, 6.45) is 1.66. The van der Waals surface area contributed by atoms with E-state index in [0.29, 0.717) is 48.7 Å². The first kappa shape index (κ1) is 23.6. The predicted molar refractivity (Wildman–Crippen MR) is 123 cm³/mol. The Balaban J connectivity index is 1.56. The van der Waals surface area contributed by atoms with E-state index in [2.05, 4.69) is 10.6 Å². The fourth-order valence-corrected chi connectivity index (χ4v) is 3.92. The second-order valence-electron chi connectivity index (χ2n) is 7.89. The monoisotopic (exact) mass is 457 g/mol. The lowest BCUT2D eigenvalue weighted by Gasteiger charge is -2.33. The molecule has 0 radical (unpaired) electrons. The summed E-state index contributed by atoms with van der Waals surface area (Å²) >= 11 is 5.90. The van der Waals surface area contributed by atoms with Crippen LogP contribution in [0.25, 0.3) is 0 Å². The highest BCUT2D eigenvalue weighted by Gasteiger charge is 2.27. The van der Waals surface area contributed by atoms with Crippen LogP contribution >= 0.6 is 11.6 Å². The summed E-state index contributed by atoms with van der Waals surface area (Å²) in [5.41, 5.74) is 1.49. The lowest BCUT2D eigenvalue weighted by Crippen LogP contribution is -2.53. The maximum Gasteiger partial charge on any atom is 0.253 e. The minimum absolute atomic E-state index is 0.0411. The maximum absolute atomic E-state index is 12.9. The molecular formula is C24H28ClN3O4. The largest absolute Gasteiger partial charge is 0.497 e. The topological polar surface area (TPSA) is 87.7 Å². The minimum atomic E-state index is -0.687. The molecule has 170 valence electrons. The number of hydrogen-bond donors (Lipinski definition) is 2. The molecule has 2 aromatic rings. The van der Waals surface area contributed by atoms with E-state index in [9.17, 15) is 14.4 Å². The molecule has 0 aliphatic carbocycles. The van der Waals surface area contributed by atoms with Crippen LogP contribution in [0.2, 0.25) is 5.02 Å². The second-order valence-corrected chi connectivity index (χ2v) is 8.33. The van der Waals surface area contributed by atoms with Crippen LogP contribution in [-0.4, -0.2) is 54.9 Å². The molecule has 2 N–H and O–H groups in total. The lowest BCUT2D eigenvalue weighted by atomic mass is 10.0. The minimum Gasteiger partial charge on any atom is -0.497 e. The third-order valence-electron chi connectivity index (χ3n) is 5.49. The molecule has 0 bridgehead atoms. The molecule has 0 unspecified atom stereocenters. The van der Waals surface area contributed by atoms with E-state index < -0.39 is 6.04 Å². The van der Waals surface area contributed by atoms with Crippen LogP contribution in [-0.2, 0) is 16.0 Å². The highest BCUT2D eigenvalue weighted by molar-refractivity contribution is 6.30. The van der Waals surface area contributed by atoms with Gasteiger partial charge in [0, 0.05) is 43.1 Å². The Labute approximate surface area is 193 Å². The quantitative estimate of drug-likeness (QED) is 0.669. The number of rotatable bonds is 7. The summed E-state index contributed by atoms with van der Waals surface area (Å²) in [7, 11) is 1.58. The number of amides is 3. The van der Waals surface area contributed by atoms with Crippen molar-refractivity contribution in [1.82, 2.24) is 15.5 Å². The Morgan fingerprint density at radius 1 is 1.12 bits per heavy atom. The summed E-state index contributed by atoms with van der Waals surface area (Å²) in [6.45, 7) is 2.49. The number of hydrogen-bond acceptors (Lipinski definition) is 4. The number of nitrogens with zero attached hydrogens (tertiary/aromatic N) is 1. The van der Waals surface area contributed by atoms with Gasteiger partial charge in [-0.1, -0.05) is 23.7 Å². The third-order valence-corrected chi connectivity index (χ3v) is 5.74. The maximum atomic E-state index is 12.9. The molecule has 0 aromatic heterocycles.